The fourth-order valence-electron chi connectivity index (χ4n) is 0.968. The Morgan fingerprint density at radius 2 is 2.21 bits per heavy atom. The molecule has 14 heavy (non-hydrogen) atoms. The van der Waals surface area contributed by atoms with Crippen LogP contribution in [0, 0.1) is 0 Å². The van der Waals surface area contributed by atoms with Crippen molar-refractivity contribution < 1.29 is 0 Å². The van der Waals surface area contributed by atoms with Gasteiger partial charge in [-0.05, 0) is 47.6 Å². The molecule has 1 unspecified atom stereocenters. The van der Waals surface area contributed by atoms with Gasteiger partial charge in [0.2, 0.25) is 0 Å². The van der Waals surface area contributed by atoms with Crippen LogP contribution in [0.1, 0.15) is 12.5 Å². The third kappa shape index (κ3) is 3.45. The van der Waals surface area contributed by atoms with Gasteiger partial charge in [0.05, 0.1) is 5.02 Å². The lowest BCUT2D eigenvalue weighted by atomic mass is 10.2. The first-order valence-electron chi connectivity index (χ1n) is 4.44. The molecule has 0 amide bonds. The van der Waals surface area contributed by atoms with E-state index < -0.39 is 0 Å². The lowest BCUT2D eigenvalue weighted by Crippen LogP contribution is -2.17. The molecule has 0 aliphatic heterocycles. The van der Waals surface area contributed by atoms with Gasteiger partial charge in [0.25, 0.3) is 0 Å². The van der Waals surface area contributed by atoms with Crippen LogP contribution in [-0.4, -0.2) is 13.1 Å². The maximum absolute atomic E-state index is 5.97. The Kier molecular flexibility index (Phi) is 4.66. The molecule has 1 N–H and O–H groups in total. The van der Waals surface area contributed by atoms with Crippen LogP contribution in [0.5, 0.6) is 0 Å². The van der Waals surface area contributed by atoms with Crippen molar-refractivity contribution in [1.82, 2.24) is 5.32 Å². The molecule has 1 aromatic rings. The predicted octanol–water partition coefficient (Wildman–Crippen LogP) is 3.72. The Hall–Kier alpha value is -0.310. The van der Waals surface area contributed by atoms with Gasteiger partial charge in [0.1, 0.15) is 0 Å². The summed E-state index contributed by atoms with van der Waals surface area (Å²) >= 11 is 9.32. The van der Waals surface area contributed by atoms with E-state index in [1.807, 2.05) is 25.2 Å². The van der Waals surface area contributed by atoms with E-state index in [1.165, 1.54) is 0 Å². The van der Waals surface area contributed by atoms with Crippen LogP contribution in [0.3, 0.4) is 0 Å². The Balaban J connectivity index is 2.77. The summed E-state index contributed by atoms with van der Waals surface area (Å²) in [6.45, 7) is 2.09. The maximum atomic E-state index is 5.97. The van der Waals surface area contributed by atoms with E-state index in [0.29, 0.717) is 6.04 Å². The molecular weight excluding hydrogens is 261 g/mol. The minimum absolute atomic E-state index is 0.373. The third-order valence-electron chi connectivity index (χ3n) is 1.98. The molecule has 1 atom stereocenters. The minimum Gasteiger partial charge on any atom is -0.314 e. The van der Waals surface area contributed by atoms with Crippen molar-refractivity contribution in [3.8, 4) is 0 Å². The summed E-state index contributed by atoms with van der Waals surface area (Å²) in [6.07, 6.45) is 4.15. The molecule has 0 heterocycles. The molecule has 0 aliphatic carbocycles. The van der Waals surface area contributed by atoms with Gasteiger partial charge < -0.3 is 5.32 Å². The van der Waals surface area contributed by atoms with Crippen molar-refractivity contribution in [3.05, 3.63) is 39.3 Å². The summed E-state index contributed by atoms with van der Waals surface area (Å²) in [5.74, 6) is 0. The van der Waals surface area contributed by atoms with Gasteiger partial charge >= 0.3 is 0 Å². The van der Waals surface area contributed by atoms with Crippen LogP contribution in [-0.2, 0) is 0 Å². The van der Waals surface area contributed by atoms with Crippen molar-refractivity contribution in [2.24, 2.45) is 0 Å². The number of rotatable bonds is 3. The highest BCUT2D eigenvalue weighted by molar-refractivity contribution is 9.10. The highest BCUT2D eigenvalue weighted by atomic mass is 79.9. The van der Waals surface area contributed by atoms with Gasteiger partial charge in [0, 0.05) is 10.5 Å². The van der Waals surface area contributed by atoms with E-state index in [0.717, 1.165) is 15.1 Å². The molecule has 0 saturated carbocycles. The molecule has 0 aromatic heterocycles. The van der Waals surface area contributed by atoms with E-state index in [4.69, 9.17) is 11.6 Å². The zero-order valence-corrected chi connectivity index (χ0v) is 10.6. The summed E-state index contributed by atoms with van der Waals surface area (Å²) in [6, 6.07) is 6.28. The number of likely N-dealkylation sites (N-methyl/N-ethyl adjacent to an activating group) is 1. The zero-order valence-electron chi connectivity index (χ0n) is 8.22. The smallest absolute Gasteiger partial charge is 0.0554 e. The average molecular weight is 275 g/mol. The minimum atomic E-state index is 0.373. The quantitative estimate of drug-likeness (QED) is 0.886. The molecule has 0 saturated heterocycles. The van der Waals surface area contributed by atoms with Crippen LogP contribution in [0.15, 0.2) is 28.7 Å². The van der Waals surface area contributed by atoms with Gasteiger partial charge in [-0.1, -0.05) is 29.8 Å². The average Bonchev–Trinajstić information content (AvgIpc) is 2.19. The second kappa shape index (κ2) is 5.54. The third-order valence-corrected chi connectivity index (χ3v) is 3.21. The van der Waals surface area contributed by atoms with Crippen LogP contribution in [0.4, 0.5) is 0 Å². The van der Waals surface area contributed by atoms with E-state index >= 15 is 0 Å². The fourth-order valence-corrected chi connectivity index (χ4v) is 1.40. The Labute approximate surface area is 98.3 Å². The Morgan fingerprint density at radius 1 is 1.50 bits per heavy atom. The fraction of sp³-hybridized carbons (Fsp3) is 0.273. The highest BCUT2D eigenvalue weighted by Crippen LogP contribution is 2.23. The van der Waals surface area contributed by atoms with E-state index in [1.54, 1.807) is 0 Å². The largest absolute Gasteiger partial charge is 0.314 e. The normalized spacial score (nSPS) is 13.4. The lowest BCUT2D eigenvalue weighted by Gasteiger charge is -2.02. The first kappa shape index (κ1) is 11.8. The van der Waals surface area contributed by atoms with Crippen molar-refractivity contribution in [1.29, 1.82) is 0 Å². The second-order valence-electron chi connectivity index (χ2n) is 3.11. The number of halogens is 2. The lowest BCUT2D eigenvalue weighted by molar-refractivity contribution is 0.731. The molecule has 0 bridgehead atoms. The Morgan fingerprint density at radius 3 is 2.79 bits per heavy atom. The van der Waals surface area contributed by atoms with E-state index in [2.05, 4.69) is 40.3 Å². The molecule has 3 heteroatoms. The predicted molar refractivity (Wildman–Crippen MR) is 66.7 cm³/mol. The van der Waals surface area contributed by atoms with Gasteiger partial charge in [-0.3, -0.25) is 0 Å². The van der Waals surface area contributed by atoms with Crippen molar-refractivity contribution >= 4 is 33.6 Å². The maximum Gasteiger partial charge on any atom is 0.0554 e. The van der Waals surface area contributed by atoms with Gasteiger partial charge in [-0.2, -0.15) is 0 Å². The SMILES string of the molecule is CNC(C)/C=C/c1ccc(Br)c(Cl)c1. The monoisotopic (exact) mass is 273 g/mol. The molecular formula is C11H13BrClN. The second-order valence-corrected chi connectivity index (χ2v) is 4.37. The Bertz CT molecular complexity index is 336. The molecule has 1 nitrogen and oxygen atoms in total. The molecule has 1 aromatic carbocycles. The molecule has 76 valence electrons. The van der Waals surface area contributed by atoms with Crippen LogP contribution < -0.4 is 5.32 Å². The van der Waals surface area contributed by atoms with Crippen molar-refractivity contribution in [3.63, 3.8) is 0 Å². The summed E-state index contributed by atoms with van der Waals surface area (Å²) in [5.41, 5.74) is 1.11. The molecule has 0 radical (unpaired) electrons. The molecule has 0 fully saturated rings. The number of hydrogen-bond acceptors (Lipinski definition) is 1. The van der Waals surface area contributed by atoms with E-state index in [-0.39, 0.29) is 0 Å². The highest BCUT2D eigenvalue weighted by Gasteiger charge is 1.96. The summed E-state index contributed by atoms with van der Waals surface area (Å²) in [4.78, 5) is 0. The van der Waals surface area contributed by atoms with Crippen LogP contribution >= 0.6 is 27.5 Å². The number of hydrogen-bond donors (Lipinski definition) is 1. The summed E-state index contributed by atoms with van der Waals surface area (Å²) < 4.78 is 0.929. The van der Waals surface area contributed by atoms with Crippen LogP contribution in [0.2, 0.25) is 5.02 Å². The number of benzene rings is 1. The van der Waals surface area contributed by atoms with Gasteiger partial charge in [-0.25, -0.2) is 0 Å². The van der Waals surface area contributed by atoms with Crippen molar-refractivity contribution in [2.45, 2.75) is 13.0 Å². The molecule has 0 spiro atoms. The van der Waals surface area contributed by atoms with Gasteiger partial charge in [-0.15, -0.1) is 0 Å². The van der Waals surface area contributed by atoms with Crippen molar-refractivity contribution in [2.75, 3.05) is 7.05 Å². The summed E-state index contributed by atoms with van der Waals surface area (Å²) in [7, 11) is 1.93. The van der Waals surface area contributed by atoms with E-state index in [9.17, 15) is 0 Å². The first-order chi connectivity index (χ1) is 6.63. The molecule has 1 rings (SSSR count). The number of nitrogens with one attached hydrogen (secondary N) is 1. The zero-order chi connectivity index (χ0) is 10.6. The van der Waals surface area contributed by atoms with Gasteiger partial charge in [0.15, 0.2) is 0 Å². The molecule has 0 aliphatic rings. The van der Waals surface area contributed by atoms with Crippen LogP contribution in [0.25, 0.3) is 6.08 Å². The topological polar surface area (TPSA) is 12.0 Å². The standard InChI is InChI=1S/C11H13BrClN/c1-8(14-2)3-4-9-5-6-10(12)11(13)7-9/h3-8,14H,1-2H3/b4-3+. The summed E-state index contributed by atoms with van der Waals surface area (Å²) in [5, 5.41) is 3.87. The first-order valence-corrected chi connectivity index (χ1v) is 5.61.